The van der Waals surface area contributed by atoms with Crippen molar-refractivity contribution in [1.82, 2.24) is 24.5 Å². The Morgan fingerprint density at radius 3 is 2.68 bits per heavy atom. The van der Waals surface area contributed by atoms with Crippen molar-refractivity contribution in [2.24, 2.45) is 0 Å². The lowest BCUT2D eigenvalue weighted by molar-refractivity contribution is 0.0159. The molecule has 12 heteroatoms. The second-order valence-corrected chi connectivity index (χ2v) is 10.7. The Labute approximate surface area is 221 Å². The molecule has 1 atom stereocenters. The fourth-order valence-electron chi connectivity index (χ4n) is 5.00. The number of hydrogen-bond donors (Lipinski definition) is 1. The summed E-state index contributed by atoms with van der Waals surface area (Å²) in [4.78, 5) is 40.6. The van der Waals surface area contributed by atoms with Crippen LogP contribution in [0.25, 0.3) is 5.65 Å². The van der Waals surface area contributed by atoms with E-state index in [0.717, 1.165) is 11.3 Å². The molecule has 12 nitrogen and oxygen atoms in total. The predicted octanol–water partition coefficient (Wildman–Crippen LogP) is 3.48. The molecule has 0 saturated carbocycles. The van der Waals surface area contributed by atoms with Gasteiger partial charge in [-0.05, 0) is 47.1 Å². The molecular weight excluding hydrogens is 488 g/mol. The summed E-state index contributed by atoms with van der Waals surface area (Å²) in [7, 11) is 1.55. The molecule has 0 spiro atoms. The minimum Gasteiger partial charge on any atom is -0.494 e. The zero-order valence-corrected chi connectivity index (χ0v) is 22.7. The van der Waals surface area contributed by atoms with E-state index >= 15 is 0 Å². The molecule has 0 unspecified atom stereocenters. The Kier molecular flexibility index (Phi) is 6.49. The van der Waals surface area contributed by atoms with Crippen molar-refractivity contribution in [3.8, 4) is 5.75 Å². The Bertz CT molecular complexity index is 1380. The Morgan fingerprint density at radius 2 is 1.97 bits per heavy atom. The van der Waals surface area contributed by atoms with E-state index in [2.05, 4.69) is 25.3 Å². The molecule has 0 aliphatic carbocycles. The Morgan fingerprint density at radius 1 is 1.18 bits per heavy atom. The quantitative estimate of drug-likeness (QED) is 0.556. The number of ether oxygens (including phenoxy) is 2. The first-order chi connectivity index (χ1) is 18.0. The van der Waals surface area contributed by atoms with Gasteiger partial charge in [-0.3, -0.25) is 4.90 Å². The number of hydrogen-bond acceptors (Lipinski definition) is 8. The number of urea groups is 1. The number of nitrogens with one attached hydrogen (secondary N) is 1. The largest absolute Gasteiger partial charge is 0.494 e. The highest BCUT2D eigenvalue weighted by atomic mass is 16.6. The third-order valence-corrected chi connectivity index (χ3v) is 6.69. The standard InChI is InChI=1S/C26H34N8O4/c1-16-14-31(11-12-32(16)25(36)38-26(3,4)5)20-7-9-27-23-18(20)8-10-33(23)24(35)29-19-15-34-22(13-21(19)37-6)28-17(2)30-34/h7,9,13,15-16H,8,10-12,14H2,1-6H3,(H,29,35)/t16-/m1/s1. The monoisotopic (exact) mass is 522 g/mol. The minimum absolute atomic E-state index is 0.0222. The maximum Gasteiger partial charge on any atom is 0.410 e. The van der Waals surface area contributed by atoms with Gasteiger partial charge in [0.15, 0.2) is 5.65 Å². The molecule has 1 N–H and O–H groups in total. The fourth-order valence-corrected chi connectivity index (χ4v) is 5.00. The normalized spacial score (nSPS) is 17.5. The van der Waals surface area contributed by atoms with E-state index in [-0.39, 0.29) is 18.2 Å². The third-order valence-electron chi connectivity index (χ3n) is 6.69. The van der Waals surface area contributed by atoms with Crippen LogP contribution in [-0.2, 0) is 11.2 Å². The number of carbonyl (C=O) groups is 2. The van der Waals surface area contributed by atoms with Gasteiger partial charge in [0.25, 0.3) is 0 Å². The number of pyridine rings is 2. The summed E-state index contributed by atoms with van der Waals surface area (Å²) in [5.41, 5.74) is 2.66. The van der Waals surface area contributed by atoms with E-state index in [0.29, 0.717) is 61.3 Å². The van der Waals surface area contributed by atoms with Crippen molar-refractivity contribution in [3.05, 3.63) is 35.9 Å². The lowest BCUT2D eigenvalue weighted by atomic mass is 10.1. The number of nitrogens with zero attached hydrogens (tertiary/aromatic N) is 7. The van der Waals surface area contributed by atoms with Crippen LogP contribution in [0.5, 0.6) is 5.75 Å². The number of rotatable bonds is 3. The van der Waals surface area contributed by atoms with Gasteiger partial charge in [-0.25, -0.2) is 24.1 Å². The van der Waals surface area contributed by atoms with Gasteiger partial charge < -0.3 is 24.6 Å². The van der Waals surface area contributed by atoms with Crippen molar-refractivity contribution < 1.29 is 19.1 Å². The number of methoxy groups -OCH3 is 1. The molecule has 0 radical (unpaired) electrons. The minimum atomic E-state index is -0.534. The van der Waals surface area contributed by atoms with E-state index in [4.69, 9.17) is 9.47 Å². The zero-order valence-electron chi connectivity index (χ0n) is 22.7. The van der Waals surface area contributed by atoms with Crippen LogP contribution in [0.15, 0.2) is 24.5 Å². The molecule has 202 valence electrons. The number of aromatic nitrogens is 4. The summed E-state index contributed by atoms with van der Waals surface area (Å²) < 4.78 is 12.7. The maximum absolute atomic E-state index is 13.4. The maximum atomic E-state index is 13.4. The lowest BCUT2D eigenvalue weighted by Gasteiger charge is -2.41. The van der Waals surface area contributed by atoms with E-state index in [9.17, 15) is 9.59 Å². The topological polar surface area (TPSA) is 117 Å². The van der Waals surface area contributed by atoms with E-state index in [1.807, 2.05) is 33.8 Å². The van der Waals surface area contributed by atoms with E-state index in [1.54, 1.807) is 46.8 Å². The van der Waals surface area contributed by atoms with Crippen LogP contribution in [0, 0.1) is 6.92 Å². The molecule has 1 fully saturated rings. The van der Waals surface area contributed by atoms with Crippen LogP contribution in [-0.4, -0.2) is 81.5 Å². The van der Waals surface area contributed by atoms with Gasteiger partial charge in [-0.2, -0.15) is 5.10 Å². The SMILES string of the molecule is COc1cc2nc(C)nn2cc1NC(=O)N1CCc2c(N3CCN(C(=O)OC(C)(C)C)[C@H](C)C3)ccnc21. The number of amides is 3. The Balaban J connectivity index is 1.32. The predicted molar refractivity (Wildman–Crippen MR) is 143 cm³/mol. The van der Waals surface area contributed by atoms with Gasteiger partial charge in [0, 0.05) is 55.7 Å². The van der Waals surface area contributed by atoms with Crippen LogP contribution in [0.3, 0.4) is 0 Å². The van der Waals surface area contributed by atoms with Crippen LogP contribution in [0.2, 0.25) is 0 Å². The summed E-state index contributed by atoms with van der Waals surface area (Å²) in [6.07, 6.45) is 3.82. The average molecular weight is 523 g/mol. The van der Waals surface area contributed by atoms with Gasteiger partial charge >= 0.3 is 12.1 Å². The van der Waals surface area contributed by atoms with Gasteiger partial charge in [0.05, 0.1) is 13.3 Å². The Hall–Kier alpha value is -4.09. The zero-order chi connectivity index (χ0) is 27.2. The molecule has 3 aromatic rings. The molecule has 5 heterocycles. The summed E-state index contributed by atoms with van der Waals surface area (Å²) in [6, 6.07) is 3.40. The number of fused-ring (bicyclic) bond motifs is 2. The molecule has 38 heavy (non-hydrogen) atoms. The van der Waals surface area contributed by atoms with Crippen LogP contribution < -0.4 is 19.9 Å². The van der Waals surface area contributed by atoms with Gasteiger partial charge in [-0.15, -0.1) is 0 Å². The van der Waals surface area contributed by atoms with Crippen molar-refractivity contribution in [1.29, 1.82) is 0 Å². The molecule has 0 bridgehead atoms. The van der Waals surface area contributed by atoms with Crippen molar-refractivity contribution in [3.63, 3.8) is 0 Å². The first-order valence-electron chi connectivity index (χ1n) is 12.8. The van der Waals surface area contributed by atoms with Gasteiger partial charge in [-0.1, -0.05) is 0 Å². The lowest BCUT2D eigenvalue weighted by Crippen LogP contribution is -2.55. The third kappa shape index (κ3) is 4.90. The van der Waals surface area contributed by atoms with E-state index < -0.39 is 5.60 Å². The summed E-state index contributed by atoms with van der Waals surface area (Å²) in [5, 5.41) is 7.28. The van der Waals surface area contributed by atoms with Crippen molar-refractivity contribution in [2.75, 3.05) is 48.4 Å². The first-order valence-corrected chi connectivity index (χ1v) is 12.8. The van der Waals surface area contributed by atoms with Gasteiger partial charge in [0.2, 0.25) is 0 Å². The van der Waals surface area contributed by atoms with Crippen LogP contribution in [0.1, 0.15) is 39.1 Å². The smallest absolute Gasteiger partial charge is 0.410 e. The molecule has 0 aromatic carbocycles. The molecule has 5 rings (SSSR count). The number of carbonyl (C=O) groups excluding carboxylic acids is 2. The molecule has 2 aliphatic rings. The van der Waals surface area contributed by atoms with Crippen LogP contribution in [0.4, 0.5) is 26.8 Å². The van der Waals surface area contributed by atoms with Crippen LogP contribution >= 0.6 is 0 Å². The highest BCUT2D eigenvalue weighted by molar-refractivity contribution is 6.03. The van der Waals surface area contributed by atoms with E-state index in [1.165, 1.54) is 0 Å². The molecule has 1 saturated heterocycles. The molecule has 2 aliphatic heterocycles. The first kappa shape index (κ1) is 25.6. The average Bonchev–Trinajstić information content (AvgIpc) is 3.44. The molecule has 3 amide bonds. The summed E-state index contributed by atoms with van der Waals surface area (Å²) in [5.74, 6) is 1.76. The fraction of sp³-hybridized carbons (Fsp3) is 0.500. The second-order valence-electron chi connectivity index (χ2n) is 10.7. The van der Waals surface area contributed by atoms with Gasteiger partial charge in [0.1, 0.15) is 28.7 Å². The summed E-state index contributed by atoms with van der Waals surface area (Å²) in [6.45, 7) is 11.8. The number of anilines is 3. The van der Waals surface area contributed by atoms with Crippen molar-refractivity contribution >= 4 is 35.0 Å². The highest BCUT2D eigenvalue weighted by Gasteiger charge is 2.34. The number of piperazine rings is 1. The number of aryl methyl sites for hydroxylation is 1. The molecular formula is C26H34N8O4. The second kappa shape index (κ2) is 9.66. The highest BCUT2D eigenvalue weighted by Crippen LogP contribution is 2.36. The van der Waals surface area contributed by atoms with Crippen molar-refractivity contribution in [2.45, 2.75) is 52.7 Å². The molecule has 3 aromatic heterocycles. The summed E-state index contributed by atoms with van der Waals surface area (Å²) >= 11 is 0.